The fraction of sp³-hybridized carbons (Fsp3) is 0.517. The Morgan fingerprint density at radius 1 is 0.811 bits per heavy atom. The molecule has 2 aromatic carbocycles. The average molecular weight is 507 g/mol. The molecule has 0 atom stereocenters. The predicted octanol–water partition coefficient (Wildman–Crippen LogP) is 3.47. The lowest BCUT2D eigenvalue weighted by molar-refractivity contribution is -0.0292. The second kappa shape index (κ2) is 10.7. The monoisotopic (exact) mass is 506 g/mol. The molecule has 0 saturated carbocycles. The van der Waals surface area contributed by atoms with Gasteiger partial charge in [0.15, 0.2) is 0 Å². The Labute approximate surface area is 219 Å². The zero-order valence-corrected chi connectivity index (χ0v) is 22.1. The number of ether oxygens (including phenoxy) is 2. The first-order valence-electron chi connectivity index (χ1n) is 13.3. The summed E-state index contributed by atoms with van der Waals surface area (Å²) in [5.41, 5.74) is 2.26. The van der Waals surface area contributed by atoms with Crippen molar-refractivity contribution in [2.75, 3.05) is 57.3 Å². The Kier molecular flexibility index (Phi) is 7.40. The van der Waals surface area contributed by atoms with E-state index in [1.807, 2.05) is 80.3 Å². The van der Waals surface area contributed by atoms with Crippen molar-refractivity contribution in [3.63, 3.8) is 0 Å². The van der Waals surface area contributed by atoms with Gasteiger partial charge in [-0.25, -0.2) is 9.59 Å². The maximum Gasteiger partial charge on any atom is 0.410 e. The molecule has 3 aliphatic rings. The Bertz CT molecular complexity index is 1070. The van der Waals surface area contributed by atoms with Crippen LogP contribution in [-0.2, 0) is 16.1 Å². The van der Waals surface area contributed by atoms with Crippen LogP contribution in [0.5, 0.6) is 0 Å². The summed E-state index contributed by atoms with van der Waals surface area (Å²) in [5.74, 6) is -0.296. The lowest BCUT2D eigenvalue weighted by atomic mass is 9.97. The molecular weight excluding hydrogens is 468 g/mol. The van der Waals surface area contributed by atoms with Crippen LogP contribution in [0.2, 0.25) is 0 Å². The number of hydrogen-bond donors (Lipinski definition) is 0. The number of benzene rings is 2. The fourth-order valence-electron chi connectivity index (χ4n) is 5.12. The maximum atomic E-state index is 12.4. The quantitative estimate of drug-likeness (QED) is 0.556. The Hall–Kier alpha value is -3.10. The summed E-state index contributed by atoms with van der Waals surface area (Å²) in [6, 6.07) is 18.6. The zero-order chi connectivity index (χ0) is 26.0. The molecule has 0 N–H and O–H groups in total. The first-order chi connectivity index (χ1) is 17.7. The van der Waals surface area contributed by atoms with Crippen LogP contribution in [0.4, 0.5) is 10.5 Å². The lowest BCUT2D eigenvalue weighted by Gasteiger charge is -2.55. The highest BCUT2D eigenvalue weighted by Crippen LogP contribution is 2.28. The molecule has 0 unspecified atom stereocenters. The van der Waals surface area contributed by atoms with Crippen molar-refractivity contribution < 1.29 is 19.1 Å². The molecule has 0 bridgehead atoms. The zero-order valence-electron chi connectivity index (χ0n) is 22.1. The minimum Gasteiger partial charge on any atom is -0.457 e. The van der Waals surface area contributed by atoms with Gasteiger partial charge in [-0.1, -0.05) is 30.3 Å². The number of likely N-dealkylation sites (tertiary alicyclic amines) is 1. The number of rotatable bonds is 6. The molecule has 2 aromatic rings. The third kappa shape index (κ3) is 6.25. The van der Waals surface area contributed by atoms with Crippen LogP contribution in [0.15, 0.2) is 54.6 Å². The number of amides is 1. The summed E-state index contributed by atoms with van der Waals surface area (Å²) >= 11 is 0. The molecule has 8 heteroatoms. The average Bonchev–Trinajstić information content (AvgIpc) is 2.83. The van der Waals surface area contributed by atoms with Gasteiger partial charge < -0.3 is 19.3 Å². The molecule has 0 aliphatic carbocycles. The van der Waals surface area contributed by atoms with Crippen molar-refractivity contribution in [1.29, 1.82) is 0 Å². The van der Waals surface area contributed by atoms with Gasteiger partial charge in [0.05, 0.1) is 5.56 Å². The van der Waals surface area contributed by atoms with Gasteiger partial charge >= 0.3 is 12.1 Å². The third-order valence-electron chi connectivity index (χ3n) is 7.43. The van der Waals surface area contributed by atoms with Gasteiger partial charge in [-0.2, -0.15) is 0 Å². The number of nitrogens with zero attached hydrogens (tertiary/aromatic N) is 4. The van der Waals surface area contributed by atoms with E-state index >= 15 is 0 Å². The summed E-state index contributed by atoms with van der Waals surface area (Å²) in [4.78, 5) is 33.9. The summed E-state index contributed by atoms with van der Waals surface area (Å²) in [7, 11) is 0. The molecule has 3 heterocycles. The maximum absolute atomic E-state index is 12.4. The van der Waals surface area contributed by atoms with Crippen LogP contribution >= 0.6 is 0 Å². The topological polar surface area (TPSA) is 65.6 Å². The molecule has 0 radical (unpaired) electrons. The van der Waals surface area contributed by atoms with Crippen LogP contribution in [0.1, 0.15) is 36.7 Å². The Morgan fingerprint density at radius 2 is 1.43 bits per heavy atom. The highest BCUT2D eigenvalue weighted by Gasteiger charge is 2.41. The molecule has 37 heavy (non-hydrogen) atoms. The number of hydrogen-bond acceptors (Lipinski definition) is 7. The van der Waals surface area contributed by atoms with E-state index in [0.29, 0.717) is 17.6 Å². The Balaban J connectivity index is 1.00. The SMILES string of the molecule is CC(C)(C)OC(=O)N1CCN(C2CN(C3CN(c4ccc(C(=O)OCc5ccccc5)cc4)C3)C2)CC1. The van der Waals surface area contributed by atoms with E-state index in [2.05, 4.69) is 14.7 Å². The van der Waals surface area contributed by atoms with E-state index in [-0.39, 0.29) is 18.7 Å². The van der Waals surface area contributed by atoms with Crippen molar-refractivity contribution >= 4 is 17.7 Å². The number of carbonyl (C=O) groups is 2. The minimum atomic E-state index is -0.449. The summed E-state index contributed by atoms with van der Waals surface area (Å²) < 4.78 is 10.9. The highest BCUT2D eigenvalue weighted by atomic mass is 16.6. The first-order valence-corrected chi connectivity index (χ1v) is 13.3. The van der Waals surface area contributed by atoms with E-state index in [4.69, 9.17) is 9.47 Å². The first kappa shape index (κ1) is 25.5. The van der Waals surface area contributed by atoms with Crippen molar-refractivity contribution in [3.8, 4) is 0 Å². The number of esters is 1. The Morgan fingerprint density at radius 3 is 2.05 bits per heavy atom. The fourth-order valence-corrected chi connectivity index (χ4v) is 5.12. The van der Waals surface area contributed by atoms with E-state index in [0.717, 1.165) is 63.6 Å². The summed E-state index contributed by atoms with van der Waals surface area (Å²) in [5, 5.41) is 0. The second-order valence-corrected chi connectivity index (χ2v) is 11.3. The van der Waals surface area contributed by atoms with Crippen LogP contribution in [0.3, 0.4) is 0 Å². The molecule has 3 aliphatic heterocycles. The normalized spacial score (nSPS) is 19.8. The number of anilines is 1. The largest absolute Gasteiger partial charge is 0.457 e. The van der Waals surface area contributed by atoms with E-state index in [1.54, 1.807) is 0 Å². The lowest BCUT2D eigenvalue weighted by Crippen LogP contribution is -2.71. The van der Waals surface area contributed by atoms with Gasteiger partial charge in [-0.3, -0.25) is 9.80 Å². The van der Waals surface area contributed by atoms with E-state index in [1.165, 1.54) is 0 Å². The van der Waals surface area contributed by atoms with Gasteiger partial charge in [-0.15, -0.1) is 0 Å². The summed E-state index contributed by atoms with van der Waals surface area (Å²) in [6.07, 6.45) is -0.200. The smallest absolute Gasteiger partial charge is 0.410 e. The van der Waals surface area contributed by atoms with Crippen molar-refractivity contribution in [2.45, 2.75) is 45.1 Å². The van der Waals surface area contributed by atoms with E-state index < -0.39 is 5.60 Å². The van der Waals surface area contributed by atoms with Crippen LogP contribution in [0.25, 0.3) is 0 Å². The van der Waals surface area contributed by atoms with Crippen LogP contribution in [-0.4, -0.2) is 96.8 Å². The molecule has 3 fully saturated rings. The van der Waals surface area contributed by atoms with Gasteiger partial charge in [0.2, 0.25) is 0 Å². The molecule has 0 aromatic heterocycles. The highest BCUT2D eigenvalue weighted by molar-refractivity contribution is 5.89. The number of piperazine rings is 1. The molecule has 198 valence electrons. The van der Waals surface area contributed by atoms with Gasteiger partial charge in [0.1, 0.15) is 12.2 Å². The molecule has 5 rings (SSSR count). The molecule has 8 nitrogen and oxygen atoms in total. The van der Waals surface area contributed by atoms with Gasteiger partial charge in [-0.05, 0) is 50.6 Å². The van der Waals surface area contributed by atoms with Crippen LogP contribution in [0, 0.1) is 0 Å². The molecule has 0 spiro atoms. The minimum absolute atomic E-state index is 0.200. The van der Waals surface area contributed by atoms with E-state index in [9.17, 15) is 9.59 Å². The number of carbonyl (C=O) groups excluding carboxylic acids is 2. The van der Waals surface area contributed by atoms with Crippen molar-refractivity contribution in [2.24, 2.45) is 0 Å². The third-order valence-corrected chi connectivity index (χ3v) is 7.43. The van der Waals surface area contributed by atoms with Gasteiger partial charge in [0.25, 0.3) is 0 Å². The predicted molar refractivity (Wildman–Crippen MR) is 143 cm³/mol. The van der Waals surface area contributed by atoms with Crippen LogP contribution < -0.4 is 4.90 Å². The molecular formula is C29H38N4O4. The van der Waals surface area contributed by atoms with Crippen molar-refractivity contribution in [3.05, 3.63) is 65.7 Å². The molecule has 1 amide bonds. The molecule has 3 saturated heterocycles. The standard InChI is InChI=1S/C29H38N4O4/c1-29(2,3)37-28(35)31-15-13-30(14-16-31)25-17-33(18-25)26-19-32(20-26)24-11-9-23(10-12-24)27(34)36-21-22-7-5-4-6-8-22/h4-12,25-26H,13-21H2,1-3H3. The summed E-state index contributed by atoms with van der Waals surface area (Å²) in [6.45, 7) is 13.5. The second-order valence-electron chi connectivity index (χ2n) is 11.3. The van der Waals surface area contributed by atoms with Gasteiger partial charge in [0, 0.05) is 70.1 Å². The van der Waals surface area contributed by atoms with Crippen molar-refractivity contribution in [1.82, 2.24) is 14.7 Å².